The van der Waals surface area contributed by atoms with Crippen molar-refractivity contribution in [1.82, 2.24) is 9.88 Å². The molecule has 0 aromatic carbocycles. The molecule has 1 atom stereocenters. The van der Waals surface area contributed by atoms with E-state index in [1.807, 2.05) is 19.3 Å². The van der Waals surface area contributed by atoms with Crippen molar-refractivity contribution in [3.05, 3.63) is 23.0 Å². The van der Waals surface area contributed by atoms with Gasteiger partial charge in [-0.2, -0.15) is 0 Å². The number of hydrogen-bond acceptors (Lipinski definition) is 1. The maximum Gasteiger partial charge on any atom is 0.0585 e. The van der Waals surface area contributed by atoms with E-state index < -0.39 is 0 Å². The molecule has 1 heterocycles. The molecule has 1 aliphatic carbocycles. The van der Waals surface area contributed by atoms with Crippen LogP contribution in [0.5, 0.6) is 0 Å². The first-order valence-corrected chi connectivity index (χ1v) is 5.58. The van der Waals surface area contributed by atoms with Crippen molar-refractivity contribution in [3.63, 3.8) is 0 Å². The summed E-state index contributed by atoms with van der Waals surface area (Å²) in [4.78, 5) is 0. The van der Waals surface area contributed by atoms with Crippen molar-refractivity contribution in [2.24, 2.45) is 13.0 Å². The highest BCUT2D eigenvalue weighted by molar-refractivity contribution is 6.30. The molecular weight excluding hydrogens is 196 g/mol. The molecule has 78 valence electrons. The number of hydrogen-bond donors (Lipinski definition) is 1. The zero-order chi connectivity index (χ0) is 10.1. The number of halogens is 1. The monoisotopic (exact) mass is 212 g/mol. The molecule has 0 amide bonds. The minimum atomic E-state index is 0.642. The molecule has 14 heavy (non-hydrogen) atoms. The summed E-state index contributed by atoms with van der Waals surface area (Å²) in [6.45, 7) is 3.18. The fraction of sp³-hybridized carbons (Fsp3) is 0.636. The van der Waals surface area contributed by atoms with E-state index >= 15 is 0 Å². The van der Waals surface area contributed by atoms with Crippen LogP contribution in [-0.4, -0.2) is 10.6 Å². The molecule has 1 unspecified atom stereocenters. The van der Waals surface area contributed by atoms with E-state index in [1.54, 1.807) is 0 Å². The van der Waals surface area contributed by atoms with Gasteiger partial charge in [0, 0.05) is 31.5 Å². The first kappa shape index (κ1) is 10.1. The number of rotatable bonds is 4. The standard InChI is InChI=1S/C11H17ClN2/c1-8(9-3-4-9)13-6-11-5-10(12)7-14(11)2/h5,7-9,13H,3-4,6H2,1-2H3. The third-order valence-electron chi connectivity index (χ3n) is 3.01. The van der Waals surface area contributed by atoms with Gasteiger partial charge in [0.15, 0.2) is 0 Å². The Kier molecular flexibility index (Phi) is 2.84. The largest absolute Gasteiger partial charge is 0.352 e. The van der Waals surface area contributed by atoms with Gasteiger partial charge in [0.2, 0.25) is 0 Å². The third kappa shape index (κ3) is 2.31. The van der Waals surface area contributed by atoms with Gasteiger partial charge < -0.3 is 9.88 Å². The average molecular weight is 213 g/mol. The summed E-state index contributed by atoms with van der Waals surface area (Å²) >= 11 is 5.91. The quantitative estimate of drug-likeness (QED) is 0.812. The van der Waals surface area contributed by atoms with E-state index in [9.17, 15) is 0 Å². The second-order valence-electron chi connectivity index (χ2n) is 4.27. The van der Waals surface area contributed by atoms with Crippen LogP contribution in [0.3, 0.4) is 0 Å². The van der Waals surface area contributed by atoms with Crippen LogP contribution in [0.4, 0.5) is 0 Å². The lowest BCUT2D eigenvalue weighted by Gasteiger charge is -2.12. The molecule has 1 aromatic heterocycles. The molecule has 0 spiro atoms. The van der Waals surface area contributed by atoms with Gasteiger partial charge >= 0.3 is 0 Å². The SMILES string of the molecule is CC(NCc1cc(Cl)cn1C)C1CC1. The van der Waals surface area contributed by atoms with Crippen LogP contribution in [-0.2, 0) is 13.6 Å². The Morgan fingerprint density at radius 3 is 2.86 bits per heavy atom. The number of aromatic nitrogens is 1. The lowest BCUT2D eigenvalue weighted by atomic mass is 10.2. The highest BCUT2D eigenvalue weighted by atomic mass is 35.5. The Bertz CT molecular complexity index is 315. The highest BCUT2D eigenvalue weighted by Gasteiger charge is 2.27. The molecule has 0 radical (unpaired) electrons. The third-order valence-corrected chi connectivity index (χ3v) is 3.22. The Balaban J connectivity index is 1.87. The molecule has 1 N–H and O–H groups in total. The molecule has 1 aromatic rings. The first-order valence-electron chi connectivity index (χ1n) is 5.21. The van der Waals surface area contributed by atoms with Crippen LogP contribution >= 0.6 is 11.6 Å². The number of nitrogens with zero attached hydrogens (tertiary/aromatic N) is 1. The van der Waals surface area contributed by atoms with Gasteiger partial charge in [-0.1, -0.05) is 11.6 Å². The molecule has 2 nitrogen and oxygen atoms in total. The van der Waals surface area contributed by atoms with Gasteiger partial charge in [0.1, 0.15) is 0 Å². The normalized spacial score (nSPS) is 18.5. The summed E-state index contributed by atoms with van der Waals surface area (Å²) in [6, 6.07) is 2.66. The smallest absolute Gasteiger partial charge is 0.0585 e. The summed E-state index contributed by atoms with van der Waals surface area (Å²) < 4.78 is 2.08. The topological polar surface area (TPSA) is 17.0 Å². The van der Waals surface area contributed by atoms with E-state index in [0.717, 1.165) is 17.5 Å². The molecule has 0 bridgehead atoms. The minimum Gasteiger partial charge on any atom is -0.352 e. The highest BCUT2D eigenvalue weighted by Crippen LogP contribution is 2.32. The van der Waals surface area contributed by atoms with E-state index in [2.05, 4.69) is 16.8 Å². The molecule has 1 saturated carbocycles. The Morgan fingerprint density at radius 1 is 1.64 bits per heavy atom. The van der Waals surface area contributed by atoms with Crippen molar-refractivity contribution >= 4 is 11.6 Å². The summed E-state index contributed by atoms with van der Waals surface area (Å²) in [5.74, 6) is 0.908. The minimum absolute atomic E-state index is 0.642. The zero-order valence-corrected chi connectivity index (χ0v) is 9.51. The maximum atomic E-state index is 5.91. The van der Waals surface area contributed by atoms with Gasteiger partial charge in [0.25, 0.3) is 0 Å². The zero-order valence-electron chi connectivity index (χ0n) is 8.76. The first-order chi connectivity index (χ1) is 6.66. The summed E-state index contributed by atoms with van der Waals surface area (Å²) in [5, 5.41) is 4.36. The lowest BCUT2D eigenvalue weighted by Crippen LogP contribution is -2.27. The van der Waals surface area contributed by atoms with Gasteiger partial charge in [-0.25, -0.2) is 0 Å². The second-order valence-corrected chi connectivity index (χ2v) is 4.70. The predicted molar refractivity (Wildman–Crippen MR) is 59.4 cm³/mol. The van der Waals surface area contributed by atoms with Gasteiger partial charge in [0.05, 0.1) is 5.02 Å². The summed E-state index contributed by atoms with van der Waals surface area (Å²) in [5.41, 5.74) is 1.25. The van der Waals surface area contributed by atoms with Crippen LogP contribution in [0.2, 0.25) is 5.02 Å². The van der Waals surface area contributed by atoms with Crippen LogP contribution in [0.15, 0.2) is 12.3 Å². The molecular formula is C11H17ClN2. The maximum absolute atomic E-state index is 5.91. The summed E-state index contributed by atoms with van der Waals surface area (Å²) in [7, 11) is 2.03. The summed E-state index contributed by atoms with van der Waals surface area (Å²) in [6.07, 6.45) is 4.73. The lowest BCUT2D eigenvalue weighted by molar-refractivity contribution is 0.487. The number of nitrogens with one attached hydrogen (secondary N) is 1. The van der Waals surface area contributed by atoms with Crippen LogP contribution in [0.1, 0.15) is 25.5 Å². The Morgan fingerprint density at radius 2 is 2.36 bits per heavy atom. The van der Waals surface area contributed by atoms with E-state index in [4.69, 9.17) is 11.6 Å². The molecule has 1 aliphatic rings. The van der Waals surface area contributed by atoms with Crippen LogP contribution in [0, 0.1) is 5.92 Å². The van der Waals surface area contributed by atoms with Crippen LogP contribution < -0.4 is 5.32 Å². The van der Waals surface area contributed by atoms with Crippen molar-refractivity contribution in [2.45, 2.75) is 32.4 Å². The fourth-order valence-corrected chi connectivity index (χ4v) is 2.04. The van der Waals surface area contributed by atoms with Crippen molar-refractivity contribution in [3.8, 4) is 0 Å². The molecule has 2 rings (SSSR count). The molecule has 3 heteroatoms. The van der Waals surface area contributed by atoms with Crippen molar-refractivity contribution < 1.29 is 0 Å². The van der Waals surface area contributed by atoms with Gasteiger partial charge in [-0.05, 0) is 31.7 Å². The molecule has 0 aliphatic heterocycles. The van der Waals surface area contributed by atoms with E-state index in [1.165, 1.54) is 18.5 Å². The van der Waals surface area contributed by atoms with Gasteiger partial charge in [-0.3, -0.25) is 0 Å². The number of aryl methyl sites for hydroxylation is 1. The average Bonchev–Trinajstić information content (AvgIpc) is 2.90. The Hall–Kier alpha value is -0.470. The van der Waals surface area contributed by atoms with E-state index in [-0.39, 0.29) is 0 Å². The van der Waals surface area contributed by atoms with E-state index in [0.29, 0.717) is 6.04 Å². The molecule has 1 fully saturated rings. The second kappa shape index (κ2) is 3.95. The predicted octanol–water partition coefficient (Wildman–Crippen LogP) is 2.57. The van der Waals surface area contributed by atoms with Gasteiger partial charge in [-0.15, -0.1) is 0 Å². The van der Waals surface area contributed by atoms with Crippen molar-refractivity contribution in [2.75, 3.05) is 0 Å². The molecule has 0 saturated heterocycles. The van der Waals surface area contributed by atoms with Crippen molar-refractivity contribution in [1.29, 1.82) is 0 Å². The Labute approximate surface area is 90.3 Å². The van der Waals surface area contributed by atoms with Crippen LogP contribution in [0.25, 0.3) is 0 Å². The fourth-order valence-electron chi connectivity index (χ4n) is 1.77.